The third-order valence-electron chi connectivity index (χ3n) is 5.33. The number of rotatable bonds is 6. The molecule has 0 aliphatic carbocycles. The van der Waals surface area contributed by atoms with Gasteiger partial charge in [-0.15, -0.1) is 13.2 Å². The predicted molar refractivity (Wildman–Crippen MR) is 121 cm³/mol. The Balaban J connectivity index is 1.67. The average molecular weight is 513 g/mol. The zero-order chi connectivity index (χ0) is 25.5. The number of amides is 1. The van der Waals surface area contributed by atoms with E-state index in [1.165, 1.54) is 17.0 Å². The molecule has 2 aromatic heterocycles. The van der Waals surface area contributed by atoms with Gasteiger partial charge in [0.1, 0.15) is 12.4 Å². The van der Waals surface area contributed by atoms with Gasteiger partial charge < -0.3 is 19.8 Å². The summed E-state index contributed by atoms with van der Waals surface area (Å²) in [5.74, 6) is -0.0895. The Bertz CT molecular complexity index is 1350. The number of aryl methyl sites for hydroxylation is 1. The van der Waals surface area contributed by atoms with Crippen molar-refractivity contribution in [1.29, 1.82) is 0 Å². The Morgan fingerprint density at radius 2 is 2.03 bits per heavy atom. The molecule has 3 aromatic rings. The van der Waals surface area contributed by atoms with E-state index in [9.17, 15) is 22.8 Å². The van der Waals surface area contributed by atoms with Crippen LogP contribution in [0, 0.1) is 6.92 Å². The maximum Gasteiger partial charge on any atom is 0.573 e. The van der Waals surface area contributed by atoms with Crippen LogP contribution in [-0.4, -0.2) is 45.0 Å². The maximum absolute atomic E-state index is 12.8. The van der Waals surface area contributed by atoms with Gasteiger partial charge in [0.2, 0.25) is 11.9 Å². The summed E-state index contributed by atoms with van der Waals surface area (Å²) in [7, 11) is 0. The summed E-state index contributed by atoms with van der Waals surface area (Å²) >= 11 is 5.96. The van der Waals surface area contributed by atoms with Crippen LogP contribution in [0.25, 0.3) is 10.9 Å². The summed E-state index contributed by atoms with van der Waals surface area (Å²) in [6, 6.07) is 2.87. The maximum atomic E-state index is 12.8. The Morgan fingerprint density at radius 3 is 2.71 bits per heavy atom. The molecular weight excluding hydrogens is 493 g/mol. The van der Waals surface area contributed by atoms with Crippen molar-refractivity contribution in [2.75, 3.05) is 16.8 Å². The Labute approximate surface area is 201 Å². The Hall–Kier alpha value is -3.61. The molecule has 0 radical (unpaired) electrons. The first kappa shape index (κ1) is 24.5. The van der Waals surface area contributed by atoms with E-state index in [1.54, 1.807) is 13.8 Å². The summed E-state index contributed by atoms with van der Waals surface area (Å²) in [4.78, 5) is 41.4. The van der Waals surface area contributed by atoms with Gasteiger partial charge in [0.15, 0.2) is 5.75 Å². The van der Waals surface area contributed by atoms with E-state index in [4.69, 9.17) is 16.3 Å². The highest BCUT2D eigenvalue weighted by Gasteiger charge is 2.35. The van der Waals surface area contributed by atoms with Gasteiger partial charge in [0.05, 0.1) is 17.6 Å². The van der Waals surface area contributed by atoms with Crippen LogP contribution < -0.4 is 20.5 Å². The van der Waals surface area contributed by atoms with Crippen LogP contribution in [0.15, 0.2) is 23.0 Å². The van der Waals surface area contributed by atoms with Crippen molar-refractivity contribution in [1.82, 2.24) is 19.9 Å². The molecule has 2 N–H and O–H groups in total. The van der Waals surface area contributed by atoms with E-state index in [0.717, 1.165) is 6.07 Å². The summed E-state index contributed by atoms with van der Waals surface area (Å²) in [5.41, 5.74) is -0.611. The lowest BCUT2D eigenvalue weighted by Gasteiger charge is -2.20. The molecule has 0 saturated carbocycles. The lowest BCUT2D eigenvalue weighted by molar-refractivity contribution is -0.274. The first-order valence-corrected chi connectivity index (χ1v) is 10.9. The quantitative estimate of drug-likeness (QED) is 0.495. The van der Waals surface area contributed by atoms with Crippen molar-refractivity contribution in [3.8, 4) is 5.75 Å². The number of benzene rings is 1. The smallest absolute Gasteiger partial charge is 0.447 e. The number of halogens is 4. The van der Waals surface area contributed by atoms with E-state index in [2.05, 4.69) is 30.0 Å². The molecule has 3 heterocycles. The standard InChI is InChI=1S/C21H20ClF3N6O4/c1-4-13-8-34-20(33)31(13)19-28-10(3)27-18(30-19)26-9(2)14-6-11-5-12(22)7-15(35-21(23,24)25)16(11)29-17(14)32/h5-7,9,13H,4,8H2,1-3H3,(H,29,32)(H,26,27,28,30)/t9-,13-/m0/s1. The second kappa shape index (κ2) is 9.21. The van der Waals surface area contributed by atoms with E-state index < -0.39 is 29.8 Å². The monoisotopic (exact) mass is 512 g/mol. The number of alkyl halides is 3. The van der Waals surface area contributed by atoms with E-state index >= 15 is 0 Å². The molecule has 14 heteroatoms. The molecule has 10 nitrogen and oxygen atoms in total. The van der Waals surface area contributed by atoms with Crippen LogP contribution in [0.1, 0.15) is 37.7 Å². The van der Waals surface area contributed by atoms with E-state index in [-0.39, 0.29) is 46.0 Å². The number of cyclic esters (lactones) is 1. The lowest BCUT2D eigenvalue weighted by atomic mass is 10.1. The van der Waals surface area contributed by atoms with Crippen molar-refractivity contribution in [3.63, 3.8) is 0 Å². The molecule has 0 bridgehead atoms. The lowest BCUT2D eigenvalue weighted by Crippen LogP contribution is -2.35. The number of pyridine rings is 1. The number of hydrogen-bond donors (Lipinski definition) is 2. The van der Waals surface area contributed by atoms with Gasteiger partial charge in [-0.3, -0.25) is 4.79 Å². The van der Waals surface area contributed by atoms with Gasteiger partial charge in [0.25, 0.3) is 5.56 Å². The topological polar surface area (TPSA) is 122 Å². The molecule has 2 atom stereocenters. The molecule has 1 amide bonds. The van der Waals surface area contributed by atoms with Crippen LogP contribution in [0.3, 0.4) is 0 Å². The number of hydrogen-bond acceptors (Lipinski definition) is 8. The first-order chi connectivity index (χ1) is 16.4. The molecular formula is C21H20ClF3N6O4. The number of nitrogens with zero attached hydrogens (tertiary/aromatic N) is 4. The zero-order valence-electron chi connectivity index (χ0n) is 18.7. The minimum Gasteiger partial charge on any atom is -0.447 e. The molecule has 1 saturated heterocycles. The summed E-state index contributed by atoms with van der Waals surface area (Å²) in [5, 5.41) is 3.21. The van der Waals surface area contributed by atoms with E-state index in [0.29, 0.717) is 12.2 Å². The Morgan fingerprint density at radius 1 is 1.29 bits per heavy atom. The summed E-state index contributed by atoms with van der Waals surface area (Å²) in [6.07, 6.45) is -4.90. The van der Waals surface area contributed by atoms with Gasteiger partial charge in [-0.1, -0.05) is 18.5 Å². The van der Waals surface area contributed by atoms with Gasteiger partial charge in [-0.05, 0) is 32.4 Å². The van der Waals surface area contributed by atoms with Crippen LogP contribution in [0.4, 0.5) is 29.9 Å². The summed E-state index contributed by atoms with van der Waals surface area (Å²) in [6.45, 7) is 5.38. The van der Waals surface area contributed by atoms with Crippen molar-refractivity contribution >= 4 is 40.5 Å². The second-order valence-electron chi connectivity index (χ2n) is 7.85. The number of aromatic nitrogens is 4. The fourth-order valence-electron chi connectivity index (χ4n) is 3.71. The minimum absolute atomic E-state index is 0.00364. The minimum atomic E-state index is -4.96. The van der Waals surface area contributed by atoms with Gasteiger partial charge >= 0.3 is 12.5 Å². The predicted octanol–water partition coefficient (Wildman–Crippen LogP) is 4.48. The number of fused-ring (bicyclic) bond motifs is 1. The molecule has 1 aliphatic rings. The third kappa shape index (κ3) is 5.24. The highest BCUT2D eigenvalue weighted by Crippen LogP contribution is 2.33. The largest absolute Gasteiger partial charge is 0.573 e. The van der Waals surface area contributed by atoms with Crippen LogP contribution in [-0.2, 0) is 4.74 Å². The molecule has 1 aromatic carbocycles. The van der Waals surface area contributed by atoms with E-state index in [1.807, 2.05) is 6.92 Å². The molecule has 0 unspecified atom stereocenters. The molecule has 0 spiro atoms. The molecule has 186 valence electrons. The highest BCUT2D eigenvalue weighted by atomic mass is 35.5. The fraction of sp³-hybridized carbons (Fsp3) is 0.381. The average Bonchev–Trinajstić information content (AvgIpc) is 3.12. The van der Waals surface area contributed by atoms with Crippen molar-refractivity contribution in [2.45, 2.75) is 45.6 Å². The van der Waals surface area contributed by atoms with Crippen LogP contribution in [0.2, 0.25) is 5.02 Å². The molecule has 35 heavy (non-hydrogen) atoms. The Kier molecular flexibility index (Phi) is 6.45. The molecule has 1 aliphatic heterocycles. The number of anilines is 2. The van der Waals surface area contributed by atoms with Gasteiger partial charge in [-0.2, -0.15) is 15.0 Å². The van der Waals surface area contributed by atoms with Crippen molar-refractivity contribution in [2.24, 2.45) is 0 Å². The van der Waals surface area contributed by atoms with Crippen molar-refractivity contribution in [3.05, 3.63) is 45.0 Å². The van der Waals surface area contributed by atoms with Gasteiger partial charge in [-0.25, -0.2) is 9.69 Å². The SMILES string of the molecule is CC[C@H]1COC(=O)N1c1nc(C)nc(N[C@@H](C)c2cc3cc(Cl)cc(OC(F)(F)F)c3[nH]c2=O)n1. The number of ether oxygens (including phenoxy) is 2. The number of H-pyrrole nitrogens is 1. The highest BCUT2D eigenvalue weighted by molar-refractivity contribution is 6.31. The second-order valence-corrected chi connectivity index (χ2v) is 8.29. The van der Waals surface area contributed by atoms with Gasteiger partial charge in [0, 0.05) is 22.0 Å². The third-order valence-corrected chi connectivity index (χ3v) is 5.55. The number of carbonyl (C=O) groups is 1. The number of aromatic amines is 1. The fourth-order valence-corrected chi connectivity index (χ4v) is 3.93. The number of carbonyl (C=O) groups excluding carboxylic acids is 1. The normalized spacial score (nSPS) is 16.9. The number of nitrogens with one attached hydrogen (secondary N) is 2. The van der Waals surface area contributed by atoms with Crippen molar-refractivity contribution < 1.29 is 27.4 Å². The first-order valence-electron chi connectivity index (χ1n) is 10.5. The van der Waals surface area contributed by atoms with Crippen LogP contribution in [0.5, 0.6) is 5.75 Å². The summed E-state index contributed by atoms with van der Waals surface area (Å²) < 4.78 is 47.4. The molecule has 4 rings (SSSR count). The van der Waals surface area contributed by atoms with Crippen LogP contribution >= 0.6 is 11.6 Å². The zero-order valence-corrected chi connectivity index (χ0v) is 19.5. The molecule has 1 fully saturated rings.